The molecule has 0 unspecified atom stereocenters. The number of nitrogens with zero attached hydrogens (tertiary/aromatic N) is 1. The van der Waals surface area contributed by atoms with E-state index < -0.39 is 0 Å². The van der Waals surface area contributed by atoms with Crippen molar-refractivity contribution in [3.63, 3.8) is 0 Å². The monoisotopic (exact) mass is 420 g/mol. The van der Waals surface area contributed by atoms with Gasteiger partial charge in [-0.3, -0.25) is 14.5 Å². The number of thiophene rings is 1. The third kappa shape index (κ3) is 5.55. The van der Waals surface area contributed by atoms with E-state index in [1.807, 2.05) is 18.2 Å². The van der Waals surface area contributed by atoms with Gasteiger partial charge in [-0.25, -0.2) is 0 Å². The van der Waals surface area contributed by atoms with Gasteiger partial charge in [0.15, 0.2) is 0 Å². The SMILES string of the molecule is CC(=O)Nc1ccc2sc(CC(=O)CC3CCN(Cc4ccccc4)CC3)cc2c1. The molecule has 1 saturated heterocycles. The number of hydrogen-bond acceptors (Lipinski definition) is 4. The number of fused-ring (bicyclic) bond motifs is 1. The molecule has 0 spiro atoms. The van der Waals surface area contributed by atoms with Gasteiger partial charge in [-0.15, -0.1) is 11.3 Å². The van der Waals surface area contributed by atoms with Crippen molar-refractivity contribution in [2.75, 3.05) is 18.4 Å². The molecule has 2 aromatic carbocycles. The Morgan fingerprint density at radius 2 is 1.83 bits per heavy atom. The van der Waals surface area contributed by atoms with E-state index in [9.17, 15) is 9.59 Å². The van der Waals surface area contributed by atoms with Crippen molar-refractivity contribution in [1.29, 1.82) is 0 Å². The molecule has 0 bridgehead atoms. The topological polar surface area (TPSA) is 49.4 Å². The van der Waals surface area contributed by atoms with E-state index in [0.29, 0.717) is 24.5 Å². The standard InChI is InChI=1S/C25H28N2O2S/c1-18(28)26-22-7-8-25-21(14-22)15-24(30-25)16-23(29)13-19-9-11-27(12-10-19)17-20-5-3-2-4-6-20/h2-8,14-15,19H,9-13,16-17H2,1H3,(H,26,28). The van der Waals surface area contributed by atoms with Crippen LogP contribution in [0.2, 0.25) is 0 Å². The van der Waals surface area contributed by atoms with Gasteiger partial charge < -0.3 is 5.32 Å². The van der Waals surface area contributed by atoms with E-state index in [-0.39, 0.29) is 5.91 Å². The highest BCUT2D eigenvalue weighted by atomic mass is 32.1. The molecular weight excluding hydrogens is 392 g/mol. The van der Waals surface area contributed by atoms with Crippen LogP contribution in [-0.2, 0) is 22.6 Å². The van der Waals surface area contributed by atoms with Crippen LogP contribution in [0.5, 0.6) is 0 Å². The minimum Gasteiger partial charge on any atom is -0.326 e. The Hall–Kier alpha value is -2.50. The molecule has 3 aromatic rings. The maximum Gasteiger partial charge on any atom is 0.221 e. The molecule has 1 fully saturated rings. The van der Waals surface area contributed by atoms with Gasteiger partial charge in [0.2, 0.25) is 5.91 Å². The Balaban J connectivity index is 1.27. The second-order valence-electron chi connectivity index (χ2n) is 8.27. The van der Waals surface area contributed by atoms with Gasteiger partial charge in [-0.1, -0.05) is 30.3 Å². The van der Waals surface area contributed by atoms with Crippen LogP contribution in [0.15, 0.2) is 54.6 Å². The fourth-order valence-corrected chi connectivity index (χ4v) is 5.32. The van der Waals surface area contributed by atoms with Crippen LogP contribution in [0.3, 0.4) is 0 Å². The summed E-state index contributed by atoms with van der Waals surface area (Å²) in [5.41, 5.74) is 2.16. The van der Waals surface area contributed by atoms with Crippen molar-refractivity contribution in [3.8, 4) is 0 Å². The summed E-state index contributed by atoms with van der Waals surface area (Å²) in [5.74, 6) is 0.769. The zero-order valence-corrected chi connectivity index (χ0v) is 18.2. The zero-order chi connectivity index (χ0) is 20.9. The highest BCUT2D eigenvalue weighted by Crippen LogP contribution is 2.30. The second kappa shape index (κ2) is 9.54. The van der Waals surface area contributed by atoms with Crippen LogP contribution in [0, 0.1) is 5.92 Å². The number of carbonyl (C=O) groups is 2. The summed E-state index contributed by atoms with van der Waals surface area (Å²) in [6.45, 7) is 4.65. The van der Waals surface area contributed by atoms with Gasteiger partial charge in [-0.05, 0) is 67.1 Å². The Morgan fingerprint density at radius 3 is 2.57 bits per heavy atom. The molecular formula is C25H28N2O2S. The number of rotatable bonds is 7. The van der Waals surface area contributed by atoms with Gasteiger partial charge >= 0.3 is 0 Å². The van der Waals surface area contributed by atoms with Crippen LogP contribution < -0.4 is 5.32 Å². The summed E-state index contributed by atoms with van der Waals surface area (Å²) in [4.78, 5) is 27.5. The molecule has 1 aliphatic rings. The average Bonchev–Trinajstić information content (AvgIpc) is 3.11. The summed E-state index contributed by atoms with van der Waals surface area (Å²) in [7, 11) is 0. The number of hydrogen-bond donors (Lipinski definition) is 1. The van der Waals surface area contributed by atoms with E-state index in [1.54, 1.807) is 11.3 Å². The molecule has 1 aromatic heterocycles. The van der Waals surface area contributed by atoms with E-state index in [0.717, 1.165) is 53.1 Å². The molecule has 2 heterocycles. The average molecular weight is 421 g/mol. The molecule has 0 aliphatic carbocycles. The third-order valence-electron chi connectivity index (χ3n) is 5.73. The maximum atomic E-state index is 12.7. The number of anilines is 1. The summed E-state index contributed by atoms with van der Waals surface area (Å²) in [6, 6.07) is 18.6. The number of amides is 1. The molecule has 1 N–H and O–H groups in total. The van der Waals surface area contributed by atoms with Crippen molar-refractivity contribution in [3.05, 3.63) is 65.0 Å². The van der Waals surface area contributed by atoms with Gasteiger partial charge in [0.25, 0.3) is 0 Å². The van der Waals surface area contributed by atoms with Crippen LogP contribution in [0.25, 0.3) is 10.1 Å². The highest BCUT2D eigenvalue weighted by Gasteiger charge is 2.22. The number of likely N-dealkylation sites (tertiary alicyclic amines) is 1. The maximum absolute atomic E-state index is 12.7. The highest BCUT2D eigenvalue weighted by molar-refractivity contribution is 7.19. The van der Waals surface area contributed by atoms with E-state index in [4.69, 9.17) is 0 Å². The number of ketones is 1. The molecule has 156 valence electrons. The second-order valence-corrected chi connectivity index (χ2v) is 9.44. The lowest BCUT2D eigenvalue weighted by Crippen LogP contribution is -2.34. The first-order valence-corrected chi connectivity index (χ1v) is 11.4. The van der Waals surface area contributed by atoms with Gasteiger partial charge in [0, 0.05) is 41.6 Å². The molecule has 0 saturated carbocycles. The molecule has 0 radical (unpaired) electrons. The van der Waals surface area contributed by atoms with Gasteiger partial charge in [0.05, 0.1) is 0 Å². The predicted molar refractivity (Wildman–Crippen MR) is 124 cm³/mol. The lowest BCUT2D eigenvalue weighted by atomic mass is 9.90. The summed E-state index contributed by atoms with van der Waals surface area (Å²) < 4.78 is 1.15. The third-order valence-corrected chi connectivity index (χ3v) is 6.85. The Labute approximate surface area is 181 Å². The Morgan fingerprint density at radius 1 is 1.07 bits per heavy atom. The Bertz CT molecular complexity index is 1020. The first-order valence-electron chi connectivity index (χ1n) is 10.6. The number of Topliss-reactive ketones (excluding diaryl/α,β-unsaturated/α-hetero) is 1. The van der Waals surface area contributed by atoms with Crippen LogP contribution in [-0.4, -0.2) is 29.7 Å². The summed E-state index contributed by atoms with van der Waals surface area (Å²) >= 11 is 1.68. The van der Waals surface area contributed by atoms with Crippen LogP contribution >= 0.6 is 11.3 Å². The fourth-order valence-electron chi connectivity index (χ4n) is 4.25. The number of carbonyl (C=O) groups excluding carboxylic acids is 2. The van der Waals surface area contributed by atoms with Crippen LogP contribution in [0.4, 0.5) is 5.69 Å². The van der Waals surface area contributed by atoms with Gasteiger partial charge in [-0.2, -0.15) is 0 Å². The molecule has 4 nitrogen and oxygen atoms in total. The summed E-state index contributed by atoms with van der Waals surface area (Å²) in [5, 5.41) is 3.90. The molecule has 4 rings (SSSR count). The largest absolute Gasteiger partial charge is 0.326 e. The lowest BCUT2D eigenvalue weighted by Gasteiger charge is -2.31. The predicted octanol–water partition coefficient (Wildman–Crippen LogP) is 5.27. The smallest absolute Gasteiger partial charge is 0.221 e. The number of piperidine rings is 1. The number of benzene rings is 2. The first-order chi connectivity index (χ1) is 14.5. The van der Waals surface area contributed by atoms with Crippen molar-refractivity contribution >= 4 is 38.8 Å². The molecule has 1 amide bonds. The molecule has 1 aliphatic heterocycles. The van der Waals surface area contributed by atoms with Crippen molar-refractivity contribution in [2.45, 2.75) is 39.2 Å². The van der Waals surface area contributed by atoms with Crippen molar-refractivity contribution in [1.82, 2.24) is 4.90 Å². The van der Waals surface area contributed by atoms with E-state index in [2.05, 4.69) is 46.6 Å². The molecule has 30 heavy (non-hydrogen) atoms. The first kappa shape index (κ1) is 20.8. The van der Waals surface area contributed by atoms with E-state index in [1.165, 1.54) is 12.5 Å². The fraction of sp³-hybridized carbons (Fsp3) is 0.360. The normalized spacial score (nSPS) is 15.4. The minimum absolute atomic E-state index is 0.0743. The zero-order valence-electron chi connectivity index (χ0n) is 17.4. The quantitative estimate of drug-likeness (QED) is 0.566. The van der Waals surface area contributed by atoms with Crippen molar-refractivity contribution in [2.24, 2.45) is 5.92 Å². The molecule has 0 atom stereocenters. The minimum atomic E-state index is -0.0743. The van der Waals surface area contributed by atoms with E-state index >= 15 is 0 Å². The lowest BCUT2D eigenvalue weighted by molar-refractivity contribution is -0.119. The van der Waals surface area contributed by atoms with Crippen LogP contribution in [0.1, 0.15) is 36.6 Å². The Kier molecular flexibility index (Phi) is 6.60. The molecule has 5 heteroatoms. The summed E-state index contributed by atoms with van der Waals surface area (Å²) in [6.07, 6.45) is 3.40. The van der Waals surface area contributed by atoms with Gasteiger partial charge in [0.1, 0.15) is 5.78 Å². The number of nitrogens with one attached hydrogen (secondary N) is 1. The van der Waals surface area contributed by atoms with Crippen molar-refractivity contribution < 1.29 is 9.59 Å².